The third-order valence-electron chi connectivity index (χ3n) is 4.84. The zero-order valence-electron chi connectivity index (χ0n) is 10.7. The second kappa shape index (κ2) is 4.25. The summed E-state index contributed by atoms with van der Waals surface area (Å²) in [6, 6.07) is 0.412. The van der Waals surface area contributed by atoms with Crippen molar-refractivity contribution in [3.8, 4) is 0 Å². The van der Waals surface area contributed by atoms with Gasteiger partial charge in [-0.1, -0.05) is 0 Å². The Labute approximate surface area is 103 Å². The Kier molecular flexibility index (Phi) is 2.87. The van der Waals surface area contributed by atoms with Crippen LogP contribution in [0.4, 0.5) is 0 Å². The molecule has 1 unspecified atom stereocenters. The van der Waals surface area contributed by atoms with Gasteiger partial charge in [0.2, 0.25) is 5.91 Å². The highest BCUT2D eigenvalue weighted by molar-refractivity contribution is 5.81. The minimum absolute atomic E-state index is 0.238. The van der Waals surface area contributed by atoms with Gasteiger partial charge in [-0.2, -0.15) is 0 Å². The van der Waals surface area contributed by atoms with Crippen LogP contribution in [-0.2, 0) is 4.79 Å². The van der Waals surface area contributed by atoms with Crippen molar-refractivity contribution in [1.82, 2.24) is 15.5 Å². The molecule has 1 amide bonds. The van der Waals surface area contributed by atoms with E-state index in [0.29, 0.717) is 17.4 Å². The number of nitrogens with zero attached hydrogens (tertiary/aromatic N) is 1. The summed E-state index contributed by atoms with van der Waals surface area (Å²) in [6.07, 6.45) is 4.70. The molecule has 4 nitrogen and oxygen atoms in total. The largest absolute Gasteiger partial charge is 0.353 e. The molecule has 96 valence electrons. The van der Waals surface area contributed by atoms with Crippen molar-refractivity contribution in [3.63, 3.8) is 0 Å². The predicted molar refractivity (Wildman–Crippen MR) is 66.7 cm³/mol. The lowest BCUT2D eigenvalue weighted by Crippen LogP contribution is -2.46. The Morgan fingerprint density at radius 3 is 2.71 bits per heavy atom. The fourth-order valence-electron chi connectivity index (χ4n) is 3.32. The number of amides is 1. The second-order valence-electron chi connectivity index (χ2n) is 6.13. The van der Waals surface area contributed by atoms with E-state index in [4.69, 9.17) is 0 Å². The number of hydrogen-bond acceptors (Lipinski definition) is 3. The van der Waals surface area contributed by atoms with Crippen LogP contribution >= 0.6 is 0 Å². The zero-order chi connectivity index (χ0) is 11.9. The summed E-state index contributed by atoms with van der Waals surface area (Å²) in [7, 11) is 2.15. The van der Waals surface area contributed by atoms with Gasteiger partial charge in [0.05, 0.1) is 5.92 Å². The Morgan fingerprint density at radius 1 is 1.35 bits per heavy atom. The lowest BCUT2D eigenvalue weighted by Gasteiger charge is -2.30. The molecule has 2 aliphatic heterocycles. The summed E-state index contributed by atoms with van der Waals surface area (Å²) in [4.78, 5) is 14.6. The van der Waals surface area contributed by atoms with Gasteiger partial charge in [-0.3, -0.25) is 4.79 Å². The van der Waals surface area contributed by atoms with Crippen molar-refractivity contribution in [2.45, 2.75) is 31.7 Å². The van der Waals surface area contributed by atoms with Crippen molar-refractivity contribution < 1.29 is 4.79 Å². The van der Waals surface area contributed by atoms with Gasteiger partial charge in [0, 0.05) is 19.1 Å². The van der Waals surface area contributed by atoms with E-state index in [0.717, 1.165) is 39.0 Å². The molecule has 4 heteroatoms. The minimum Gasteiger partial charge on any atom is -0.353 e. The molecule has 3 fully saturated rings. The number of carbonyl (C=O) groups excluding carboxylic acids is 1. The minimum atomic E-state index is 0.238. The topological polar surface area (TPSA) is 44.4 Å². The van der Waals surface area contributed by atoms with E-state index in [-0.39, 0.29) is 5.92 Å². The molecule has 0 aromatic rings. The van der Waals surface area contributed by atoms with Crippen molar-refractivity contribution in [3.05, 3.63) is 0 Å². The molecule has 1 saturated carbocycles. The Bertz CT molecular complexity index is 306. The SMILES string of the molecule is CN1CCC(NC(=O)C2CNCC23CC3)CC1. The fraction of sp³-hybridized carbons (Fsp3) is 0.923. The average Bonchev–Trinajstić information content (AvgIpc) is 2.94. The average molecular weight is 237 g/mol. The number of hydrogen-bond donors (Lipinski definition) is 2. The van der Waals surface area contributed by atoms with Gasteiger partial charge in [0.25, 0.3) is 0 Å². The summed E-state index contributed by atoms with van der Waals surface area (Å²) in [5.74, 6) is 0.546. The second-order valence-corrected chi connectivity index (χ2v) is 6.13. The fourth-order valence-corrected chi connectivity index (χ4v) is 3.32. The van der Waals surface area contributed by atoms with Crippen molar-refractivity contribution in [1.29, 1.82) is 0 Å². The van der Waals surface area contributed by atoms with Gasteiger partial charge in [0.15, 0.2) is 0 Å². The molecule has 1 aliphatic carbocycles. The van der Waals surface area contributed by atoms with E-state index < -0.39 is 0 Å². The zero-order valence-corrected chi connectivity index (χ0v) is 10.7. The maximum absolute atomic E-state index is 12.3. The lowest BCUT2D eigenvalue weighted by molar-refractivity contribution is -0.127. The van der Waals surface area contributed by atoms with Gasteiger partial charge < -0.3 is 15.5 Å². The molecular formula is C13H23N3O. The maximum Gasteiger partial charge on any atom is 0.225 e. The maximum atomic E-state index is 12.3. The number of carbonyl (C=O) groups is 1. The normalized spacial score (nSPS) is 32.9. The molecular weight excluding hydrogens is 214 g/mol. The van der Waals surface area contributed by atoms with Crippen LogP contribution in [0, 0.1) is 11.3 Å². The first-order valence-electron chi connectivity index (χ1n) is 6.89. The molecule has 2 saturated heterocycles. The molecule has 2 N–H and O–H groups in total. The van der Waals surface area contributed by atoms with Crippen LogP contribution in [-0.4, -0.2) is 50.1 Å². The van der Waals surface area contributed by atoms with Gasteiger partial charge in [-0.05, 0) is 51.2 Å². The monoisotopic (exact) mass is 237 g/mol. The third-order valence-corrected chi connectivity index (χ3v) is 4.84. The van der Waals surface area contributed by atoms with Crippen molar-refractivity contribution in [2.75, 3.05) is 33.2 Å². The highest BCUT2D eigenvalue weighted by Crippen LogP contribution is 2.53. The Hall–Kier alpha value is -0.610. The highest BCUT2D eigenvalue weighted by Gasteiger charge is 2.55. The number of rotatable bonds is 2. The summed E-state index contributed by atoms with van der Waals surface area (Å²) in [6.45, 7) is 4.16. The van der Waals surface area contributed by atoms with Gasteiger partial charge in [0.1, 0.15) is 0 Å². The molecule has 0 aromatic heterocycles. The van der Waals surface area contributed by atoms with Crippen LogP contribution in [0.5, 0.6) is 0 Å². The molecule has 1 atom stereocenters. The summed E-state index contributed by atoms with van der Waals surface area (Å²) >= 11 is 0. The van der Waals surface area contributed by atoms with Crippen LogP contribution in [0.25, 0.3) is 0 Å². The van der Waals surface area contributed by atoms with E-state index in [9.17, 15) is 4.79 Å². The van der Waals surface area contributed by atoms with Crippen LogP contribution in [0.2, 0.25) is 0 Å². The molecule has 2 heterocycles. The molecule has 0 aromatic carbocycles. The number of likely N-dealkylation sites (tertiary alicyclic amines) is 1. The number of nitrogens with one attached hydrogen (secondary N) is 2. The Balaban J connectivity index is 1.53. The van der Waals surface area contributed by atoms with Gasteiger partial charge >= 0.3 is 0 Å². The summed E-state index contributed by atoms with van der Waals surface area (Å²) in [5, 5.41) is 6.65. The van der Waals surface area contributed by atoms with Crippen molar-refractivity contribution >= 4 is 5.91 Å². The molecule has 3 rings (SSSR count). The molecule has 17 heavy (non-hydrogen) atoms. The lowest BCUT2D eigenvalue weighted by atomic mass is 9.91. The molecule has 0 radical (unpaired) electrons. The first kappa shape index (κ1) is 11.5. The standard InChI is InChI=1S/C13H23N3O/c1-16-6-2-10(3-7-16)15-12(17)11-8-14-9-13(11)4-5-13/h10-11,14H,2-9H2,1H3,(H,15,17). The van der Waals surface area contributed by atoms with Crippen LogP contribution < -0.4 is 10.6 Å². The van der Waals surface area contributed by atoms with E-state index in [1.165, 1.54) is 12.8 Å². The van der Waals surface area contributed by atoms with Crippen LogP contribution in [0.15, 0.2) is 0 Å². The van der Waals surface area contributed by atoms with Crippen molar-refractivity contribution in [2.24, 2.45) is 11.3 Å². The van der Waals surface area contributed by atoms with E-state index in [1.807, 2.05) is 0 Å². The predicted octanol–water partition coefficient (Wildman–Crippen LogP) is 0.196. The smallest absolute Gasteiger partial charge is 0.225 e. The first-order valence-corrected chi connectivity index (χ1v) is 6.89. The van der Waals surface area contributed by atoms with E-state index in [2.05, 4.69) is 22.6 Å². The highest BCUT2D eigenvalue weighted by atomic mass is 16.2. The summed E-state index contributed by atoms with van der Waals surface area (Å²) in [5.41, 5.74) is 0.343. The van der Waals surface area contributed by atoms with Gasteiger partial charge in [-0.15, -0.1) is 0 Å². The first-order chi connectivity index (χ1) is 8.20. The quantitative estimate of drug-likeness (QED) is 0.721. The number of piperidine rings is 1. The van der Waals surface area contributed by atoms with E-state index >= 15 is 0 Å². The van der Waals surface area contributed by atoms with Crippen LogP contribution in [0.1, 0.15) is 25.7 Å². The van der Waals surface area contributed by atoms with Gasteiger partial charge in [-0.25, -0.2) is 0 Å². The molecule has 1 spiro atoms. The summed E-state index contributed by atoms with van der Waals surface area (Å²) < 4.78 is 0. The Morgan fingerprint density at radius 2 is 2.06 bits per heavy atom. The molecule has 3 aliphatic rings. The third kappa shape index (κ3) is 2.20. The van der Waals surface area contributed by atoms with E-state index in [1.54, 1.807) is 0 Å². The van der Waals surface area contributed by atoms with Crippen LogP contribution in [0.3, 0.4) is 0 Å². The molecule has 0 bridgehead atoms.